The number of nitrogens with two attached hydrogens (primary N) is 2. The number of hydrogen-bond donors (Lipinski definition) is 8. The molecular formula is C24H28N10O8. The van der Waals surface area contributed by atoms with Crippen LogP contribution in [0.15, 0.2) is 30.5 Å². The van der Waals surface area contributed by atoms with E-state index in [0.29, 0.717) is 23.4 Å². The molecule has 1 aromatic carbocycles. The summed E-state index contributed by atoms with van der Waals surface area (Å²) < 4.78 is 0. The van der Waals surface area contributed by atoms with E-state index >= 15 is 0 Å². The van der Waals surface area contributed by atoms with E-state index in [1.807, 2.05) is 10.2 Å². The maximum atomic E-state index is 12.7. The van der Waals surface area contributed by atoms with Crippen LogP contribution in [0.3, 0.4) is 0 Å². The predicted molar refractivity (Wildman–Crippen MR) is 146 cm³/mol. The molecule has 0 saturated carbocycles. The lowest BCUT2D eigenvalue weighted by molar-refractivity contribution is -0.141. The fourth-order valence-electron chi connectivity index (χ4n) is 3.63. The summed E-state index contributed by atoms with van der Waals surface area (Å²) in [6.07, 6.45) is 0.638. The minimum Gasteiger partial charge on any atom is -0.481 e. The largest absolute Gasteiger partial charge is 0.481 e. The summed E-state index contributed by atoms with van der Waals surface area (Å²) >= 11 is 0. The van der Waals surface area contributed by atoms with Crippen molar-refractivity contribution in [3.05, 3.63) is 41.7 Å². The van der Waals surface area contributed by atoms with Gasteiger partial charge < -0.3 is 47.6 Å². The number of fused-ring (bicyclic) bond motifs is 1. The number of rotatable bonds is 13. The molecule has 10 N–H and O–H groups in total. The SMILES string of the molecule is CN(Cc1cnc2nc(N)nc(N)c2n1)c1ccc(C(=O)NC(CNC(=O)NC(CCC(=O)O)C(=O)O)C(=O)O)cc1. The summed E-state index contributed by atoms with van der Waals surface area (Å²) in [5, 5.41) is 33.8. The molecule has 18 heteroatoms. The average Bonchev–Trinajstić information content (AvgIpc) is 2.93. The van der Waals surface area contributed by atoms with Gasteiger partial charge in [0.15, 0.2) is 17.0 Å². The van der Waals surface area contributed by atoms with Gasteiger partial charge >= 0.3 is 23.9 Å². The Morgan fingerprint density at radius 3 is 2.21 bits per heavy atom. The van der Waals surface area contributed by atoms with Crippen LogP contribution in [0.5, 0.6) is 0 Å². The number of hydrogen-bond acceptors (Lipinski definition) is 12. The lowest BCUT2D eigenvalue weighted by Gasteiger charge is -2.20. The van der Waals surface area contributed by atoms with Crippen molar-refractivity contribution < 1.29 is 39.3 Å². The van der Waals surface area contributed by atoms with Crippen LogP contribution in [0.4, 0.5) is 22.2 Å². The molecule has 2 aromatic heterocycles. The van der Waals surface area contributed by atoms with Crippen molar-refractivity contribution in [1.82, 2.24) is 35.9 Å². The van der Waals surface area contributed by atoms with E-state index in [0.717, 1.165) is 0 Å². The molecule has 0 aliphatic carbocycles. The fraction of sp³-hybridized carbons (Fsp3) is 0.292. The number of carbonyl (C=O) groups excluding carboxylic acids is 2. The molecule has 0 bridgehead atoms. The van der Waals surface area contributed by atoms with Crippen LogP contribution in [0.2, 0.25) is 0 Å². The summed E-state index contributed by atoms with van der Waals surface area (Å²) in [6.45, 7) is -0.264. The van der Waals surface area contributed by atoms with Crippen molar-refractivity contribution in [2.75, 3.05) is 30.0 Å². The quantitative estimate of drug-likeness (QED) is 0.120. The van der Waals surface area contributed by atoms with Crippen molar-refractivity contribution in [2.45, 2.75) is 31.5 Å². The summed E-state index contributed by atoms with van der Waals surface area (Å²) in [5.74, 6) is -4.81. The Labute approximate surface area is 237 Å². The first-order chi connectivity index (χ1) is 19.8. The van der Waals surface area contributed by atoms with Gasteiger partial charge in [0.05, 0.1) is 25.0 Å². The van der Waals surface area contributed by atoms with Crippen molar-refractivity contribution in [1.29, 1.82) is 0 Å². The summed E-state index contributed by atoms with van der Waals surface area (Å²) in [6, 6.07) is 2.11. The highest BCUT2D eigenvalue weighted by atomic mass is 16.4. The van der Waals surface area contributed by atoms with Crippen LogP contribution in [0.25, 0.3) is 11.2 Å². The summed E-state index contributed by atoms with van der Waals surface area (Å²) in [7, 11) is 1.78. The Hall–Kier alpha value is -5.81. The zero-order chi connectivity index (χ0) is 31.0. The third kappa shape index (κ3) is 8.34. The average molecular weight is 585 g/mol. The van der Waals surface area contributed by atoms with E-state index < -0.39 is 54.9 Å². The van der Waals surface area contributed by atoms with E-state index in [1.54, 1.807) is 19.2 Å². The molecule has 2 heterocycles. The van der Waals surface area contributed by atoms with E-state index in [4.69, 9.17) is 21.7 Å². The predicted octanol–water partition coefficient (Wildman–Crippen LogP) is -0.979. The topological polar surface area (TPSA) is 289 Å². The highest BCUT2D eigenvalue weighted by Crippen LogP contribution is 2.18. The first kappa shape index (κ1) is 30.7. The van der Waals surface area contributed by atoms with Gasteiger partial charge in [0.2, 0.25) is 5.95 Å². The highest BCUT2D eigenvalue weighted by Gasteiger charge is 2.24. The number of aliphatic carboxylic acids is 3. The molecule has 0 radical (unpaired) electrons. The molecule has 0 aliphatic heterocycles. The number of aromatic nitrogens is 4. The number of nitrogens with zero attached hydrogens (tertiary/aromatic N) is 5. The first-order valence-corrected chi connectivity index (χ1v) is 12.2. The Kier molecular flexibility index (Phi) is 9.88. The zero-order valence-corrected chi connectivity index (χ0v) is 22.1. The number of nitrogens with one attached hydrogen (secondary N) is 3. The van der Waals surface area contributed by atoms with Gasteiger partial charge in [-0.25, -0.2) is 24.4 Å². The van der Waals surface area contributed by atoms with Gasteiger partial charge in [-0.2, -0.15) is 9.97 Å². The van der Waals surface area contributed by atoms with Gasteiger partial charge in [-0.15, -0.1) is 0 Å². The third-order valence-electron chi connectivity index (χ3n) is 5.79. The minimum atomic E-state index is -1.55. The number of benzene rings is 1. The molecule has 18 nitrogen and oxygen atoms in total. The summed E-state index contributed by atoms with van der Waals surface area (Å²) in [5.41, 5.74) is 13.4. The Morgan fingerprint density at radius 1 is 0.929 bits per heavy atom. The molecule has 0 saturated heterocycles. The van der Waals surface area contributed by atoms with Gasteiger partial charge in [0.25, 0.3) is 5.91 Å². The second-order valence-electron chi connectivity index (χ2n) is 8.95. The second kappa shape index (κ2) is 13.5. The van der Waals surface area contributed by atoms with Crippen LogP contribution in [-0.4, -0.2) is 90.8 Å². The van der Waals surface area contributed by atoms with Crippen molar-refractivity contribution in [2.24, 2.45) is 0 Å². The maximum Gasteiger partial charge on any atom is 0.328 e. The molecule has 222 valence electrons. The van der Waals surface area contributed by atoms with Gasteiger partial charge in [-0.05, 0) is 30.7 Å². The Bertz CT molecular complexity index is 1500. The maximum absolute atomic E-state index is 12.7. The molecule has 2 atom stereocenters. The molecule has 0 spiro atoms. The number of anilines is 3. The minimum absolute atomic E-state index is 0.0152. The third-order valence-corrected chi connectivity index (χ3v) is 5.79. The second-order valence-corrected chi connectivity index (χ2v) is 8.95. The molecule has 42 heavy (non-hydrogen) atoms. The van der Waals surface area contributed by atoms with Crippen molar-refractivity contribution in [3.8, 4) is 0 Å². The van der Waals surface area contributed by atoms with Crippen molar-refractivity contribution in [3.63, 3.8) is 0 Å². The number of urea groups is 1. The van der Waals surface area contributed by atoms with Crippen LogP contribution in [0, 0.1) is 0 Å². The smallest absolute Gasteiger partial charge is 0.328 e. The highest BCUT2D eigenvalue weighted by molar-refractivity contribution is 5.97. The monoisotopic (exact) mass is 584 g/mol. The number of nitrogen functional groups attached to an aromatic ring is 2. The zero-order valence-electron chi connectivity index (χ0n) is 22.1. The fourth-order valence-corrected chi connectivity index (χ4v) is 3.63. The molecule has 3 rings (SSSR count). The van der Waals surface area contributed by atoms with E-state index in [2.05, 4.69) is 30.6 Å². The molecule has 3 amide bonds. The molecule has 2 unspecified atom stereocenters. The van der Waals surface area contributed by atoms with Crippen molar-refractivity contribution >= 4 is 58.5 Å². The number of amides is 3. The van der Waals surface area contributed by atoms with Gasteiger partial charge in [0, 0.05) is 24.7 Å². The molecule has 0 aliphatic rings. The number of carboxylic acids is 3. The van der Waals surface area contributed by atoms with Gasteiger partial charge in [-0.3, -0.25) is 9.59 Å². The summed E-state index contributed by atoms with van der Waals surface area (Å²) in [4.78, 5) is 76.5. The normalized spacial score (nSPS) is 12.1. The number of carboxylic acid groups (broad SMARTS) is 3. The van der Waals surface area contributed by atoms with Crippen LogP contribution < -0.4 is 32.3 Å². The van der Waals surface area contributed by atoms with E-state index in [9.17, 15) is 29.1 Å². The van der Waals surface area contributed by atoms with Crippen LogP contribution in [0.1, 0.15) is 28.9 Å². The van der Waals surface area contributed by atoms with E-state index in [1.165, 1.54) is 18.3 Å². The Morgan fingerprint density at radius 2 is 1.60 bits per heavy atom. The lowest BCUT2D eigenvalue weighted by atomic mass is 10.1. The van der Waals surface area contributed by atoms with Gasteiger partial charge in [0.1, 0.15) is 12.1 Å². The lowest BCUT2D eigenvalue weighted by Crippen LogP contribution is -2.52. The molecule has 0 fully saturated rings. The van der Waals surface area contributed by atoms with Crippen LogP contribution >= 0.6 is 0 Å². The van der Waals surface area contributed by atoms with E-state index in [-0.39, 0.29) is 29.4 Å². The van der Waals surface area contributed by atoms with Gasteiger partial charge in [-0.1, -0.05) is 0 Å². The molecule has 3 aromatic rings. The number of carbonyl (C=O) groups is 5. The Balaban J connectivity index is 1.57. The van der Waals surface area contributed by atoms with Crippen LogP contribution in [-0.2, 0) is 20.9 Å². The standard InChI is InChI=1S/C24H28N10O8/c1-34(10-12-8-27-19-17(29-12)18(25)32-23(26)33-19)13-4-2-11(3-5-13)20(37)30-15(22(40)41)9-28-24(42)31-14(21(38)39)6-7-16(35)36/h2-5,8,14-15H,6-7,9-10H2,1H3,(H,30,37)(H,35,36)(H,38,39)(H,40,41)(H2,28,31,42)(H4,25,26,27,32,33). The first-order valence-electron chi connectivity index (χ1n) is 12.2. The molecular weight excluding hydrogens is 556 g/mol.